The minimum atomic E-state index is -0.460. The summed E-state index contributed by atoms with van der Waals surface area (Å²) in [7, 11) is 0. The summed E-state index contributed by atoms with van der Waals surface area (Å²) in [4.78, 5) is 24.3. The van der Waals surface area contributed by atoms with Gasteiger partial charge in [-0.15, -0.1) is 0 Å². The van der Waals surface area contributed by atoms with Crippen LogP contribution >= 0.6 is 0 Å². The molecule has 4 aliphatic carbocycles. The predicted octanol–water partition coefficient (Wildman–Crippen LogP) is 3.22. The van der Waals surface area contributed by atoms with Crippen molar-refractivity contribution in [1.82, 2.24) is 0 Å². The Morgan fingerprint density at radius 1 is 1.22 bits per heavy atom. The number of Topliss-reactive ketones (excluding diaryl/α,β-unsaturated/α-hetero) is 1. The van der Waals surface area contributed by atoms with Crippen LogP contribution in [0.4, 0.5) is 0 Å². The summed E-state index contributed by atoms with van der Waals surface area (Å²) in [5, 5.41) is 11.0. The molecular weight excluding hydrogens is 288 g/mol. The van der Waals surface area contributed by atoms with Gasteiger partial charge in [0.2, 0.25) is 0 Å². The topological polar surface area (TPSA) is 54.4 Å². The Labute approximate surface area is 137 Å². The van der Waals surface area contributed by atoms with Gasteiger partial charge in [-0.25, -0.2) is 0 Å². The van der Waals surface area contributed by atoms with Crippen molar-refractivity contribution in [3.8, 4) is 0 Å². The number of carbonyl (C=O) groups is 2. The van der Waals surface area contributed by atoms with Gasteiger partial charge in [0, 0.05) is 18.3 Å². The molecule has 0 aliphatic heterocycles. The van der Waals surface area contributed by atoms with Crippen molar-refractivity contribution in [3.63, 3.8) is 0 Å². The molecular formula is C20H26O3. The summed E-state index contributed by atoms with van der Waals surface area (Å²) >= 11 is 0. The molecule has 3 saturated carbocycles. The van der Waals surface area contributed by atoms with Crippen molar-refractivity contribution in [2.45, 2.75) is 58.5 Å². The van der Waals surface area contributed by atoms with Gasteiger partial charge in [0.05, 0.1) is 6.10 Å². The van der Waals surface area contributed by atoms with Crippen molar-refractivity contribution in [2.75, 3.05) is 0 Å². The van der Waals surface area contributed by atoms with E-state index in [0.29, 0.717) is 36.9 Å². The van der Waals surface area contributed by atoms with Crippen LogP contribution in [0.25, 0.3) is 0 Å². The number of ketones is 2. The van der Waals surface area contributed by atoms with Crippen LogP contribution < -0.4 is 0 Å². The number of rotatable bonds is 0. The monoisotopic (exact) mass is 314 g/mol. The largest absolute Gasteiger partial charge is 0.393 e. The van der Waals surface area contributed by atoms with Crippen molar-refractivity contribution >= 4 is 11.6 Å². The van der Waals surface area contributed by atoms with Crippen LogP contribution in [0, 0.1) is 28.6 Å². The quantitative estimate of drug-likeness (QED) is 0.747. The summed E-state index contributed by atoms with van der Waals surface area (Å²) < 4.78 is 0. The highest BCUT2D eigenvalue weighted by Crippen LogP contribution is 2.65. The Hall–Kier alpha value is -1.22. The lowest BCUT2D eigenvalue weighted by atomic mass is 9.46. The first-order valence-electron chi connectivity index (χ1n) is 8.92. The van der Waals surface area contributed by atoms with E-state index in [4.69, 9.17) is 0 Å². The van der Waals surface area contributed by atoms with E-state index in [0.717, 1.165) is 30.4 Å². The van der Waals surface area contributed by atoms with Gasteiger partial charge in [0.1, 0.15) is 5.78 Å². The average Bonchev–Trinajstić information content (AvgIpc) is 2.76. The number of fused-ring (bicyclic) bond motifs is 5. The maximum absolute atomic E-state index is 12.4. The van der Waals surface area contributed by atoms with Crippen LogP contribution in [0.5, 0.6) is 0 Å². The van der Waals surface area contributed by atoms with Crippen molar-refractivity contribution in [2.24, 2.45) is 28.6 Å². The second-order valence-corrected chi connectivity index (χ2v) is 8.70. The number of carbonyl (C=O) groups excluding carboxylic acids is 2. The van der Waals surface area contributed by atoms with E-state index in [1.165, 1.54) is 0 Å². The molecule has 0 heterocycles. The molecule has 0 spiro atoms. The summed E-state index contributed by atoms with van der Waals surface area (Å²) in [6.07, 6.45) is 5.69. The molecule has 3 nitrogen and oxygen atoms in total. The second-order valence-electron chi connectivity index (χ2n) is 8.70. The lowest BCUT2D eigenvalue weighted by molar-refractivity contribution is -0.144. The van der Waals surface area contributed by atoms with Gasteiger partial charge in [-0.05, 0) is 60.5 Å². The molecule has 1 N–H and O–H groups in total. The molecule has 0 aromatic carbocycles. The lowest BCUT2D eigenvalue weighted by Gasteiger charge is -2.59. The molecule has 0 amide bonds. The Morgan fingerprint density at radius 3 is 2.70 bits per heavy atom. The summed E-state index contributed by atoms with van der Waals surface area (Å²) in [6, 6.07) is 0. The van der Waals surface area contributed by atoms with E-state index in [1.54, 1.807) is 6.08 Å². The Bertz CT molecular complexity index is 645. The third kappa shape index (κ3) is 1.86. The molecule has 0 unspecified atom stereocenters. The highest BCUT2D eigenvalue weighted by atomic mass is 16.3. The summed E-state index contributed by atoms with van der Waals surface area (Å²) in [6.45, 7) is 8.53. The number of allylic oxidation sites excluding steroid dienone is 2. The fraction of sp³-hybridized carbons (Fsp3) is 0.700. The SMILES string of the molecule is C=C1C[C@@H]2[C@H]([C@@H](O)C[C@]3(C)C(=O)CC[C@@H]23)[C@@]2(C)CCC(=O)C=C12. The number of aliphatic hydroxyl groups is 1. The van der Waals surface area contributed by atoms with E-state index in [2.05, 4.69) is 20.4 Å². The molecule has 0 aromatic heterocycles. The maximum atomic E-state index is 12.4. The highest BCUT2D eigenvalue weighted by molar-refractivity contribution is 5.92. The summed E-state index contributed by atoms with van der Waals surface area (Å²) in [5.74, 6) is 1.34. The van der Waals surface area contributed by atoms with E-state index in [9.17, 15) is 14.7 Å². The van der Waals surface area contributed by atoms with Gasteiger partial charge in [0.15, 0.2) is 5.78 Å². The fourth-order valence-corrected chi connectivity index (χ4v) is 6.47. The first-order valence-corrected chi connectivity index (χ1v) is 8.92. The third-order valence-corrected chi connectivity index (χ3v) is 7.57. The molecule has 3 heteroatoms. The van der Waals surface area contributed by atoms with Crippen LogP contribution in [0.3, 0.4) is 0 Å². The first-order chi connectivity index (χ1) is 10.8. The van der Waals surface area contributed by atoms with Gasteiger partial charge >= 0.3 is 0 Å². The van der Waals surface area contributed by atoms with Crippen LogP contribution in [-0.2, 0) is 9.59 Å². The van der Waals surface area contributed by atoms with Gasteiger partial charge in [-0.1, -0.05) is 26.0 Å². The zero-order valence-electron chi connectivity index (χ0n) is 14.1. The molecule has 0 saturated heterocycles. The predicted molar refractivity (Wildman–Crippen MR) is 87.6 cm³/mol. The minimum Gasteiger partial charge on any atom is -0.393 e. The molecule has 4 rings (SSSR count). The normalized spacial score (nSPS) is 49.3. The van der Waals surface area contributed by atoms with Gasteiger partial charge < -0.3 is 5.11 Å². The molecule has 3 fully saturated rings. The van der Waals surface area contributed by atoms with Crippen LogP contribution in [-0.4, -0.2) is 22.8 Å². The fourth-order valence-electron chi connectivity index (χ4n) is 6.47. The van der Waals surface area contributed by atoms with Crippen LogP contribution in [0.1, 0.15) is 52.4 Å². The number of hydrogen-bond donors (Lipinski definition) is 1. The highest BCUT2D eigenvalue weighted by Gasteiger charge is 2.62. The standard InChI is InChI=1S/C20H26O3/c1-11-8-13-14-4-5-17(23)20(14,3)10-16(22)18(13)19(2)7-6-12(21)9-15(11)19/h9,13-14,16,18,22H,1,4-8,10H2,2-3H3/t13-,14-,16-,18+,19-,20-/m0/s1. The molecule has 0 aromatic rings. The van der Waals surface area contributed by atoms with Crippen molar-refractivity contribution in [1.29, 1.82) is 0 Å². The summed E-state index contributed by atoms with van der Waals surface area (Å²) in [5.41, 5.74) is 1.60. The zero-order valence-corrected chi connectivity index (χ0v) is 14.1. The molecule has 124 valence electrons. The van der Waals surface area contributed by atoms with Crippen LogP contribution in [0.15, 0.2) is 23.8 Å². The van der Waals surface area contributed by atoms with E-state index in [1.807, 2.05) is 0 Å². The van der Waals surface area contributed by atoms with E-state index in [-0.39, 0.29) is 22.5 Å². The second kappa shape index (κ2) is 4.66. The lowest BCUT2D eigenvalue weighted by Crippen LogP contribution is -2.57. The molecule has 0 radical (unpaired) electrons. The molecule has 4 aliphatic rings. The first kappa shape index (κ1) is 15.3. The molecule has 0 bridgehead atoms. The smallest absolute Gasteiger partial charge is 0.156 e. The maximum Gasteiger partial charge on any atom is 0.156 e. The van der Waals surface area contributed by atoms with Gasteiger partial charge in [-0.3, -0.25) is 9.59 Å². The molecule has 6 atom stereocenters. The molecule has 23 heavy (non-hydrogen) atoms. The Kier molecular flexibility index (Phi) is 3.10. The van der Waals surface area contributed by atoms with Gasteiger partial charge in [0.25, 0.3) is 0 Å². The van der Waals surface area contributed by atoms with E-state index >= 15 is 0 Å². The average molecular weight is 314 g/mol. The number of aliphatic hydroxyl groups excluding tert-OH is 1. The van der Waals surface area contributed by atoms with Crippen LogP contribution in [0.2, 0.25) is 0 Å². The Morgan fingerprint density at radius 2 is 1.96 bits per heavy atom. The van der Waals surface area contributed by atoms with Crippen molar-refractivity contribution in [3.05, 3.63) is 23.8 Å². The zero-order chi connectivity index (χ0) is 16.6. The van der Waals surface area contributed by atoms with Crippen molar-refractivity contribution < 1.29 is 14.7 Å². The Balaban J connectivity index is 1.81. The number of hydrogen-bond acceptors (Lipinski definition) is 3. The van der Waals surface area contributed by atoms with Gasteiger partial charge in [-0.2, -0.15) is 0 Å². The minimum absolute atomic E-state index is 0.149. The third-order valence-electron chi connectivity index (χ3n) is 7.57. The van der Waals surface area contributed by atoms with E-state index < -0.39 is 6.10 Å².